The van der Waals surface area contributed by atoms with Crippen LogP contribution in [0.5, 0.6) is 0 Å². The van der Waals surface area contributed by atoms with Crippen LogP contribution >= 0.6 is 11.8 Å². The van der Waals surface area contributed by atoms with Crippen LogP contribution in [-0.4, -0.2) is 42.2 Å². The number of aryl methyl sites for hydroxylation is 1. The van der Waals surface area contributed by atoms with Gasteiger partial charge < -0.3 is 19.5 Å². The Kier molecular flexibility index (Phi) is 5.55. The highest BCUT2D eigenvalue weighted by Gasteiger charge is 2.17. The molecule has 2 aromatic rings. The van der Waals surface area contributed by atoms with Crippen LogP contribution in [0.4, 0.5) is 5.82 Å². The number of carbonyl (C=O) groups is 1. The van der Waals surface area contributed by atoms with Crippen LogP contribution in [0.3, 0.4) is 0 Å². The molecule has 132 valence electrons. The molecule has 1 fully saturated rings. The Hall–Kier alpha value is -2.12. The van der Waals surface area contributed by atoms with E-state index >= 15 is 0 Å². The summed E-state index contributed by atoms with van der Waals surface area (Å²) in [5.74, 6) is 0.496. The van der Waals surface area contributed by atoms with Crippen molar-refractivity contribution in [2.24, 2.45) is 0 Å². The Balaban J connectivity index is 1.73. The van der Waals surface area contributed by atoms with Gasteiger partial charge in [0.15, 0.2) is 5.16 Å². The predicted octanol–water partition coefficient (Wildman–Crippen LogP) is 1.59. The van der Waals surface area contributed by atoms with Crippen LogP contribution in [0, 0.1) is 13.8 Å². The smallest absolute Gasteiger partial charge is 0.190 e. The molecule has 1 aromatic heterocycles. The molecule has 1 saturated heterocycles. The van der Waals surface area contributed by atoms with E-state index < -0.39 is 5.97 Å². The summed E-state index contributed by atoms with van der Waals surface area (Å²) in [4.78, 5) is 22.4. The van der Waals surface area contributed by atoms with Crippen molar-refractivity contribution in [1.29, 1.82) is 0 Å². The fraction of sp³-hybridized carbons (Fsp3) is 0.389. The van der Waals surface area contributed by atoms with Crippen molar-refractivity contribution >= 4 is 23.5 Å². The molecule has 0 radical (unpaired) electrons. The largest absolute Gasteiger partial charge is 0.545 e. The number of carbonyl (C=O) groups excluding carboxylic acids is 1. The zero-order chi connectivity index (χ0) is 17.8. The summed E-state index contributed by atoms with van der Waals surface area (Å²) in [6.07, 6.45) is 0. The topological polar surface area (TPSA) is 78.4 Å². The van der Waals surface area contributed by atoms with Crippen molar-refractivity contribution in [2.75, 3.05) is 31.2 Å². The summed E-state index contributed by atoms with van der Waals surface area (Å²) >= 11 is 1.55. The minimum Gasteiger partial charge on any atom is -0.545 e. The minimum absolute atomic E-state index is 0.186. The fourth-order valence-corrected chi connectivity index (χ4v) is 3.46. The number of morpholine rings is 1. The third-order valence-corrected chi connectivity index (χ3v) is 5.13. The number of benzene rings is 1. The van der Waals surface area contributed by atoms with E-state index in [0.29, 0.717) is 5.75 Å². The SMILES string of the molecule is Cc1nc(SCc2ccc(C(=O)[O-])cc2)nc(N2CCOCC2)c1C. The molecule has 0 N–H and O–H groups in total. The second-order valence-electron chi connectivity index (χ2n) is 5.91. The van der Waals surface area contributed by atoms with Crippen molar-refractivity contribution in [2.45, 2.75) is 24.8 Å². The fourth-order valence-electron chi connectivity index (χ4n) is 2.62. The molecule has 0 unspecified atom stereocenters. The van der Waals surface area contributed by atoms with Crippen molar-refractivity contribution in [3.8, 4) is 0 Å². The van der Waals surface area contributed by atoms with Gasteiger partial charge in [-0.1, -0.05) is 36.0 Å². The van der Waals surface area contributed by atoms with Gasteiger partial charge in [0.25, 0.3) is 0 Å². The second kappa shape index (κ2) is 7.84. The molecule has 0 aliphatic carbocycles. The van der Waals surface area contributed by atoms with Crippen molar-refractivity contribution in [1.82, 2.24) is 9.97 Å². The highest BCUT2D eigenvalue weighted by Crippen LogP contribution is 2.26. The van der Waals surface area contributed by atoms with E-state index in [9.17, 15) is 9.90 Å². The first-order valence-corrected chi connectivity index (χ1v) is 9.14. The van der Waals surface area contributed by atoms with Gasteiger partial charge in [0.1, 0.15) is 5.82 Å². The van der Waals surface area contributed by atoms with E-state index in [1.165, 1.54) is 0 Å². The maximum absolute atomic E-state index is 10.8. The maximum atomic E-state index is 10.8. The lowest BCUT2D eigenvalue weighted by molar-refractivity contribution is -0.255. The first-order valence-electron chi connectivity index (χ1n) is 8.15. The minimum atomic E-state index is -1.16. The molecule has 0 bridgehead atoms. The lowest BCUT2D eigenvalue weighted by Gasteiger charge is -2.29. The molecule has 0 atom stereocenters. The standard InChI is InChI=1S/C18H21N3O3S/c1-12-13(2)19-18(20-16(12)21-7-9-24-10-8-21)25-11-14-3-5-15(6-4-14)17(22)23/h3-6H,7-11H2,1-2H3,(H,22,23)/p-1. The van der Waals surface area contributed by atoms with E-state index in [4.69, 9.17) is 9.72 Å². The maximum Gasteiger partial charge on any atom is 0.190 e. The number of carboxylic acid groups (broad SMARTS) is 1. The van der Waals surface area contributed by atoms with Gasteiger partial charge >= 0.3 is 0 Å². The number of anilines is 1. The summed E-state index contributed by atoms with van der Waals surface area (Å²) in [5, 5.41) is 11.5. The van der Waals surface area contributed by atoms with Crippen molar-refractivity contribution in [3.05, 3.63) is 46.6 Å². The first-order chi connectivity index (χ1) is 12.0. The molecule has 7 heteroatoms. The van der Waals surface area contributed by atoms with Gasteiger partial charge in [-0.25, -0.2) is 9.97 Å². The lowest BCUT2D eigenvalue weighted by Crippen LogP contribution is -2.37. The number of aromatic nitrogens is 2. The molecular formula is C18H20N3O3S-. The third-order valence-electron chi connectivity index (χ3n) is 4.21. The van der Waals surface area contributed by atoms with Gasteiger partial charge in [0.2, 0.25) is 0 Å². The quantitative estimate of drug-likeness (QED) is 0.593. The third kappa shape index (κ3) is 4.29. The Morgan fingerprint density at radius 2 is 1.88 bits per heavy atom. The van der Waals surface area contributed by atoms with E-state index in [1.54, 1.807) is 36.0 Å². The molecule has 0 saturated carbocycles. The van der Waals surface area contributed by atoms with Gasteiger partial charge in [-0.2, -0.15) is 0 Å². The van der Waals surface area contributed by atoms with Crippen LogP contribution in [0.25, 0.3) is 0 Å². The summed E-state index contributed by atoms with van der Waals surface area (Å²) in [6, 6.07) is 6.71. The normalized spacial score (nSPS) is 14.6. The van der Waals surface area contributed by atoms with E-state index in [1.807, 2.05) is 13.8 Å². The van der Waals surface area contributed by atoms with Crippen molar-refractivity contribution < 1.29 is 14.6 Å². The summed E-state index contributed by atoms with van der Waals surface area (Å²) in [5.41, 5.74) is 3.28. The molecule has 0 spiro atoms. The number of aromatic carboxylic acids is 1. The van der Waals surface area contributed by atoms with Gasteiger partial charge in [-0.15, -0.1) is 0 Å². The van der Waals surface area contributed by atoms with Gasteiger partial charge in [0, 0.05) is 30.1 Å². The molecule has 3 rings (SSSR count). The first kappa shape index (κ1) is 17.7. The average Bonchev–Trinajstić information content (AvgIpc) is 2.63. The molecule has 0 amide bonds. The summed E-state index contributed by atoms with van der Waals surface area (Å²) in [6.45, 7) is 7.16. The van der Waals surface area contributed by atoms with Gasteiger partial charge in [-0.3, -0.25) is 0 Å². The van der Waals surface area contributed by atoms with Crippen LogP contribution in [-0.2, 0) is 10.5 Å². The summed E-state index contributed by atoms with van der Waals surface area (Å²) < 4.78 is 5.42. The number of carboxylic acids is 1. The zero-order valence-electron chi connectivity index (χ0n) is 14.3. The molecule has 1 aromatic carbocycles. The highest BCUT2D eigenvalue weighted by atomic mass is 32.2. The van der Waals surface area contributed by atoms with E-state index in [0.717, 1.165) is 54.1 Å². The van der Waals surface area contributed by atoms with E-state index in [-0.39, 0.29) is 5.56 Å². The zero-order valence-corrected chi connectivity index (χ0v) is 15.1. The Bertz CT molecular complexity index is 759. The number of nitrogens with zero attached hydrogens (tertiary/aromatic N) is 3. The molecule has 6 nitrogen and oxygen atoms in total. The molecule has 1 aliphatic rings. The molecule has 25 heavy (non-hydrogen) atoms. The molecule has 2 heterocycles. The molecular weight excluding hydrogens is 338 g/mol. The lowest BCUT2D eigenvalue weighted by atomic mass is 10.1. The number of rotatable bonds is 5. The van der Waals surface area contributed by atoms with Crippen LogP contribution in [0.15, 0.2) is 29.4 Å². The Labute approximate surface area is 151 Å². The Morgan fingerprint density at radius 1 is 1.20 bits per heavy atom. The number of thioether (sulfide) groups is 1. The van der Waals surface area contributed by atoms with Crippen LogP contribution < -0.4 is 10.0 Å². The second-order valence-corrected chi connectivity index (χ2v) is 6.86. The average molecular weight is 358 g/mol. The highest BCUT2D eigenvalue weighted by molar-refractivity contribution is 7.98. The molecule has 1 aliphatic heterocycles. The van der Waals surface area contributed by atoms with Gasteiger partial charge in [0.05, 0.1) is 19.2 Å². The summed E-state index contributed by atoms with van der Waals surface area (Å²) in [7, 11) is 0. The monoisotopic (exact) mass is 358 g/mol. The van der Waals surface area contributed by atoms with E-state index in [2.05, 4.69) is 9.88 Å². The number of ether oxygens (including phenoxy) is 1. The van der Waals surface area contributed by atoms with Crippen LogP contribution in [0.2, 0.25) is 0 Å². The predicted molar refractivity (Wildman–Crippen MR) is 94.9 cm³/mol. The van der Waals surface area contributed by atoms with Crippen molar-refractivity contribution in [3.63, 3.8) is 0 Å². The van der Waals surface area contributed by atoms with Gasteiger partial charge in [-0.05, 0) is 25.0 Å². The number of hydrogen-bond donors (Lipinski definition) is 0. The number of hydrogen-bond acceptors (Lipinski definition) is 7. The Morgan fingerprint density at radius 3 is 2.52 bits per heavy atom. The van der Waals surface area contributed by atoms with Crippen LogP contribution in [0.1, 0.15) is 27.2 Å².